The number of hydrogen-bond donors (Lipinski definition) is 1. The standard InChI is InChI=1S/C16H13BrClNO/c1-9-12(3-2-4-13(9)17)16(18)10-5-6-14-11(7-10)8-15(20)19-14/h2-7,16H,8H2,1H3,(H,19,20). The average Bonchev–Trinajstić information content (AvgIpc) is 2.80. The Labute approximate surface area is 131 Å². The number of hydrogen-bond acceptors (Lipinski definition) is 1. The van der Waals surface area contributed by atoms with Crippen LogP contribution in [0.25, 0.3) is 0 Å². The Morgan fingerprint density at radius 3 is 2.90 bits per heavy atom. The van der Waals surface area contributed by atoms with Gasteiger partial charge >= 0.3 is 0 Å². The number of amides is 1. The van der Waals surface area contributed by atoms with Crippen molar-refractivity contribution in [2.24, 2.45) is 0 Å². The number of nitrogens with one attached hydrogen (secondary N) is 1. The van der Waals surface area contributed by atoms with E-state index in [-0.39, 0.29) is 11.3 Å². The van der Waals surface area contributed by atoms with Crippen LogP contribution in [-0.4, -0.2) is 5.91 Å². The summed E-state index contributed by atoms with van der Waals surface area (Å²) in [5, 5.41) is 2.62. The second-order valence-corrected chi connectivity index (χ2v) is 6.25. The molecule has 0 aliphatic carbocycles. The maximum atomic E-state index is 11.4. The summed E-state index contributed by atoms with van der Waals surface area (Å²) in [4.78, 5) is 11.4. The molecular weight excluding hydrogens is 338 g/mol. The summed E-state index contributed by atoms with van der Waals surface area (Å²) in [6.45, 7) is 2.05. The van der Waals surface area contributed by atoms with E-state index in [4.69, 9.17) is 11.6 Å². The minimum absolute atomic E-state index is 0.0434. The van der Waals surface area contributed by atoms with Crippen molar-refractivity contribution in [3.63, 3.8) is 0 Å². The van der Waals surface area contributed by atoms with E-state index >= 15 is 0 Å². The number of carbonyl (C=O) groups excluding carboxylic acids is 1. The fraction of sp³-hybridized carbons (Fsp3) is 0.188. The number of benzene rings is 2. The predicted octanol–water partition coefficient (Wildman–Crippen LogP) is 4.58. The SMILES string of the molecule is Cc1c(Br)cccc1C(Cl)c1ccc2c(c1)CC(=O)N2. The highest BCUT2D eigenvalue weighted by Gasteiger charge is 2.20. The molecule has 1 aliphatic heterocycles. The molecule has 0 radical (unpaired) electrons. The first-order valence-corrected chi connectivity index (χ1v) is 7.61. The van der Waals surface area contributed by atoms with Gasteiger partial charge in [0.2, 0.25) is 5.91 Å². The minimum atomic E-state index is -0.214. The lowest BCUT2D eigenvalue weighted by atomic mass is 9.98. The highest BCUT2D eigenvalue weighted by atomic mass is 79.9. The van der Waals surface area contributed by atoms with E-state index in [0.29, 0.717) is 6.42 Å². The van der Waals surface area contributed by atoms with Crippen LogP contribution in [0.4, 0.5) is 5.69 Å². The van der Waals surface area contributed by atoms with Gasteiger partial charge in [-0.3, -0.25) is 4.79 Å². The van der Waals surface area contributed by atoms with Crippen LogP contribution in [0.3, 0.4) is 0 Å². The summed E-state index contributed by atoms with van der Waals surface area (Å²) in [5.74, 6) is 0.0434. The van der Waals surface area contributed by atoms with Crippen molar-refractivity contribution < 1.29 is 4.79 Å². The third-order valence-electron chi connectivity index (χ3n) is 3.63. The van der Waals surface area contributed by atoms with Gasteiger partial charge in [0.05, 0.1) is 11.8 Å². The van der Waals surface area contributed by atoms with Gasteiger partial charge in [-0.2, -0.15) is 0 Å². The van der Waals surface area contributed by atoms with E-state index in [1.165, 1.54) is 0 Å². The number of fused-ring (bicyclic) bond motifs is 1. The fourth-order valence-corrected chi connectivity index (χ4v) is 3.24. The summed E-state index contributed by atoms with van der Waals surface area (Å²) >= 11 is 10.2. The van der Waals surface area contributed by atoms with Crippen molar-refractivity contribution in [1.82, 2.24) is 0 Å². The van der Waals surface area contributed by atoms with Crippen molar-refractivity contribution in [2.75, 3.05) is 5.32 Å². The maximum Gasteiger partial charge on any atom is 0.228 e. The molecule has 3 rings (SSSR count). The Kier molecular flexibility index (Phi) is 3.57. The Morgan fingerprint density at radius 1 is 1.30 bits per heavy atom. The summed E-state index contributed by atoms with van der Waals surface area (Å²) in [5.41, 5.74) is 5.16. The van der Waals surface area contributed by atoms with Crippen LogP contribution in [0.5, 0.6) is 0 Å². The first-order chi connectivity index (χ1) is 9.56. The van der Waals surface area contributed by atoms with E-state index in [2.05, 4.69) is 21.2 Å². The number of rotatable bonds is 2. The van der Waals surface area contributed by atoms with E-state index in [1.807, 2.05) is 43.3 Å². The lowest BCUT2D eigenvalue weighted by Gasteiger charge is -2.15. The largest absolute Gasteiger partial charge is 0.326 e. The molecule has 1 heterocycles. The molecule has 0 fully saturated rings. The van der Waals surface area contributed by atoms with E-state index in [0.717, 1.165) is 32.4 Å². The molecule has 1 unspecified atom stereocenters. The van der Waals surface area contributed by atoms with E-state index in [1.54, 1.807) is 0 Å². The maximum absolute atomic E-state index is 11.4. The van der Waals surface area contributed by atoms with Crippen LogP contribution in [-0.2, 0) is 11.2 Å². The minimum Gasteiger partial charge on any atom is -0.326 e. The molecule has 0 aromatic heterocycles. The van der Waals surface area contributed by atoms with Crippen molar-refractivity contribution in [1.29, 1.82) is 0 Å². The molecule has 0 saturated heterocycles. The van der Waals surface area contributed by atoms with Crippen LogP contribution in [0, 0.1) is 6.92 Å². The molecule has 1 N–H and O–H groups in total. The van der Waals surface area contributed by atoms with Gasteiger partial charge in [0.1, 0.15) is 0 Å². The van der Waals surface area contributed by atoms with Crippen LogP contribution >= 0.6 is 27.5 Å². The number of alkyl halides is 1. The molecule has 20 heavy (non-hydrogen) atoms. The van der Waals surface area contributed by atoms with Gasteiger partial charge < -0.3 is 5.32 Å². The van der Waals surface area contributed by atoms with Crippen molar-refractivity contribution in [3.8, 4) is 0 Å². The Morgan fingerprint density at radius 2 is 2.10 bits per heavy atom. The lowest BCUT2D eigenvalue weighted by molar-refractivity contribution is -0.115. The quantitative estimate of drug-likeness (QED) is 0.789. The topological polar surface area (TPSA) is 29.1 Å². The van der Waals surface area contributed by atoms with Gasteiger partial charge in [0.25, 0.3) is 0 Å². The normalized spacial score (nSPS) is 14.8. The van der Waals surface area contributed by atoms with E-state index < -0.39 is 0 Å². The molecule has 2 aromatic carbocycles. The van der Waals surface area contributed by atoms with Crippen molar-refractivity contribution >= 4 is 39.1 Å². The lowest BCUT2D eigenvalue weighted by Crippen LogP contribution is -2.03. The molecule has 1 aliphatic rings. The molecular formula is C16H13BrClNO. The summed E-state index contributed by atoms with van der Waals surface area (Å²) in [6, 6.07) is 12.0. The first-order valence-electron chi connectivity index (χ1n) is 6.38. The molecule has 4 heteroatoms. The first kappa shape index (κ1) is 13.7. The molecule has 1 amide bonds. The van der Waals surface area contributed by atoms with Crippen LogP contribution in [0.1, 0.15) is 27.6 Å². The summed E-state index contributed by atoms with van der Waals surface area (Å²) in [6.07, 6.45) is 0.435. The second-order valence-electron chi connectivity index (χ2n) is 4.96. The zero-order valence-electron chi connectivity index (χ0n) is 10.9. The highest BCUT2D eigenvalue weighted by molar-refractivity contribution is 9.10. The number of halogens is 2. The summed E-state index contributed by atoms with van der Waals surface area (Å²) < 4.78 is 1.05. The molecule has 102 valence electrons. The molecule has 0 bridgehead atoms. The molecule has 2 nitrogen and oxygen atoms in total. The highest BCUT2D eigenvalue weighted by Crippen LogP contribution is 2.36. The molecule has 2 aromatic rings. The fourth-order valence-electron chi connectivity index (χ4n) is 2.49. The van der Waals surface area contributed by atoms with Crippen LogP contribution in [0.2, 0.25) is 0 Å². The zero-order chi connectivity index (χ0) is 14.3. The van der Waals surface area contributed by atoms with Crippen molar-refractivity contribution in [2.45, 2.75) is 18.7 Å². The molecule has 0 spiro atoms. The van der Waals surface area contributed by atoms with Crippen molar-refractivity contribution in [3.05, 3.63) is 63.1 Å². The predicted molar refractivity (Wildman–Crippen MR) is 85.4 cm³/mol. The molecule has 0 saturated carbocycles. The Balaban J connectivity index is 1.99. The second kappa shape index (κ2) is 5.23. The Bertz CT molecular complexity index is 699. The number of carbonyl (C=O) groups is 1. The van der Waals surface area contributed by atoms with Gasteiger partial charge in [0.15, 0.2) is 0 Å². The third-order valence-corrected chi connectivity index (χ3v) is 4.98. The van der Waals surface area contributed by atoms with Gasteiger partial charge in [-0.25, -0.2) is 0 Å². The molecule has 1 atom stereocenters. The average molecular weight is 351 g/mol. The smallest absolute Gasteiger partial charge is 0.228 e. The van der Waals surface area contributed by atoms with Gasteiger partial charge in [-0.05, 0) is 41.3 Å². The number of anilines is 1. The third kappa shape index (κ3) is 2.36. The van der Waals surface area contributed by atoms with Crippen LogP contribution in [0.15, 0.2) is 40.9 Å². The van der Waals surface area contributed by atoms with Gasteiger partial charge in [-0.1, -0.05) is 40.2 Å². The zero-order valence-corrected chi connectivity index (χ0v) is 13.3. The van der Waals surface area contributed by atoms with E-state index in [9.17, 15) is 4.79 Å². The summed E-state index contributed by atoms with van der Waals surface area (Å²) in [7, 11) is 0. The Hall–Kier alpha value is -1.32. The van der Waals surface area contributed by atoms with Gasteiger partial charge in [-0.15, -0.1) is 11.6 Å². The van der Waals surface area contributed by atoms with Crippen LogP contribution < -0.4 is 5.32 Å². The monoisotopic (exact) mass is 349 g/mol. The van der Waals surface area contributed by atoms with Gasteiger partial charge in [0, 0.05) is 10.2 Å².